The van der Waals surface area contributed by atoms with E-state index in [4.69, 9.17) is 5.11 Å². The van der Waals surface area contributed by atoms with Crippen molar-refractivity contribution in [3.05, 3.63) is 29.3 Å². The molecule has 19 heavy (non-hydrogen) atoms. The molecule has 0 amide bonds. The van der Waals surface area contributed by atoms with Crippen molar-refractivity contribution < 1.29 is 5.11 Å². The molecule has 0 fully saturated rings. The number of rotatable bonds is 7. The van der Waals surface area contributed by atoms with Gasteiger partial charge in [0, 0.05) is 44.2 Å². The van der Waals surface area contributed by atoms with Crippen LogP contribution in [0.5, 0.6) is 0 Å². The van der Waals surface area contributed by atoms with Gasteiger partial charge >= 0.3 is 0 Å². The Balaban J connectivity index is 1.92. The van der Waals surface area contributed by atoms with Crippen molar-refractivity contribution in [1.82, 2.24) is 5.32 Å². The number of anilines is 1. The van der Waals surface area contributed by atoms with Crippen LogP contribution < -0.4 is 10.2 Å². The number of aliphatic hydroxyl groups is 1. The molecule has 0 saturated carbocycles. The van der Waals surface area contributed by atoms with Crippen molar-refractivity contribution in [2.24, 2.45) is 0 Å². The van der Waals surface area contributed by atoms with Crippen LogP contribution in [0.4, 0.5) is 5.69 Å². The van der Waals surface area contributed by atoms with E-state index in [2.05, 4.69) is 41.7 Å². The number of nitrogens with one attached hydrogen (secondary N) is 1. The largest absolute Gasteiger partial charge is 0.396 e. The summed E-state index contributed by atoms with van der Waals surface area (Å²) in [7, 11) is 2.15. The van der Waals surface area contributed by atoms with Crippen LogP contribution in [0, 0.1) is 0 Å². The Morgan fingerprint density at radius 3 is 3.05 bits per heavy atom. The molecule has 1 atom stereocenters. The van der Waals surface area contributed by atoms with Crippen LogP contribution in [-0.2, 0) is 13.0 Å². The molecule has 2 N–H and O–H groups in total. The number of likely N-dealkylation sites (N-methyl/N-ethyl adjacent to an activating group) is 1. The van der Waals surface area contributed by atoms with Crippen molar-refractivity contribution in [1.29, 1.82) is 0 Å². The van der Waals surface area contributed by atoms with Crippen LogP contribution in [0.2, 0.25) is 0 Å². The molecule has 1 unspecified atom stereocenters. The fourth-order valence-electron chi connectivity index (χ4n) is 2.59. The highest BCUT2D eigenvalue weighted by molar-refractivity contribution is 7.98. The second kappa shape index (κ2) is 7.17. The molecule has 3 nitrogen and oxygen atoms in total. The Bertz CT molecular complexity index is 405. The summed E-state index contributed by atoms with van der Waals surface area (Å²) in [5, 5.41) is 12.6. The highest BCUT2D eigenvalue weighted by atomic mass is 32.2. The van der Waals surface area contributed by atoms with Gasteiger partial charge in [0.2, 0.25) is 0 Å². The lowest BCUT2D eigenvalue weighted by Gasteiger charge is -2.17. The third-order valence-electron chi connectivity index (χ3n) is 3.71. The highest BCUT2D eigenvalue weighted by Crippen LogP contribution is 2.27. The van der Waals surface area contributed by atoms with E-state index in [0.29, 0.717) is 6.04 Å². The fourth-order valence-corrected chi connectivity index (χ4v) is 3.28. The fraction of sp³-hybridized carbons (Fsp3) is 0.600. The third-order valence-corrected chi connectivity index (χ3v) is 4.45. The van der Waals surface area contributed by atoms with Crippen molar-refractivity contribution in [3.63, 3.8) is 0 Å². The summed E-state index contributed by atoms with van der Waals surface area (Å²) in [5.74, 6) is 1.05. The van der Waals surface area contributed by atoms with Gasteiger partial charge in [0.25, 0.3) is 0 Å². The second-order valence-corrected chi connectivity index (χ2v) is 6.09. The van der Waals surface area contributed by atoms with Gasteiger partial charge in [-0.25, -0.2) is 0 Å². The predicted molar refractivity (Wildman–Crippen MR) is 84.1 cm³/mol. The van der Waals surface area contributed by atoms with E-state index in [9.17, 15) is 0 Å². The van der Waals surface area contributed by atoms with Crippen LogP contribution >= 0.6 is 11.8 Å². The van der Waals surface area contributed by atoms with Gasteiger partial charge in [0.15, 0.2) is 0 Å². The molecule has 0 aliphatic carbocycles. The summed E-state index contributed by atoms with van der Waals surface area (Å²) in [4.78, 5) is 2.31. The quantitative estimate of drug-likeness (QED) is 0.799. The Morgan fingerprint density at radius 2 is 2.32 bits per heavy atom. The van der Waals surface area contributed by atoms with Gasteiger partial charge in [0.05, 0.1) is 0 Å². The van der Waals surface area contributed by atoms with Crippen molar-refractivity contribution in [2.45, 2.75) is 25.4 Å². The van der Waals surface area contributed by atoms with E-state index >= 15 is 0 Å². The monoisotopic (exact) mass is 280 g/mol. The minimum atomic E-state index is 0.257. The molecule has 0 bridgehead atoms. The zero-order chi connectivity index (χ0) is 13.7. The zero-order valence-corrected chi connectivity index (χ0v) is 12.7. The smallest absolute Gasteiger partial charge is 0.0446 e. The normalized spacial score (nSPS) is 15.6. The average molecular weight is 280 g/mol. The SMILES string of the molecule is CSCC(CCO)NCc1ccc2c(c1)CCN2C. The van der Waals surface area contributed by atoms with Crippen molar-refractivity contribution >= 4 is 17.4 Å². The molecule has 1 aliphatic rings. The van der Waals surface area contributed by atoms with Crippen LogP contribution in [0.25, 0.3) is 0 Å². The van der Waals surface area contributed by atoms with Gasteiger partial charge in [0.1, 0.15) is 0 Å². The average Bonchev–Trinajstić information content (AvgIpc) is 2.78. The molecular weight excluding hydrogens is 256 g/mol. The Hall–Kier alpha value is -0.710. The van der Waals surface area contributed by atoms with Crippen molar-refractivity contribution in [2.75, 3.05) is 37.1 Å². The number of hydrogen-bond donors (Lipinski definition) is 2. The Morgan fingerprint density at radius 1 is 1.47 bits per heavy atom. The summed E-state index contributed by atoms with van der Waals surface area (Å²) >= 11 is 1.82. The summed E-state index contributed by atoms with van der Waals surface area (Å²) in [6, 6.07) is 7.16. The number of hydrogen-bond acceptors (Lipinski definition) is 4. The number of nitrogens with zero attached hydrogens (tertiary/aromatic N) is 1. The summed E-state index contributed by atoms with van der Waals surface area (Å²) < 4.78 is 0. The summed E-state index contributed by atoms with van der Waals surface area (Å²) in [6.07, 6.45) is 4.09. The van der Waals surface area contributed by atoms with Gasteiger partial charge in [-0.3, -0.25) is 0 Å². The lowest BCUT2D eigenvalue weighted by Crippen LogP contribution is -2.31. The molecule has 106 valence electrons. The molecule has 2 rings (SSSR count). The maximum absolute atomic E-state index is 9.06. The first-order chi connectivity index (χ1) is 9.24. The third kappa shape index (κ3) is 3.88. The molecule has 0 radical (unpaired) electrons. The molecule has 0 spiro atoms. The molecule has 1 heterocycles. The van der Waals surface area contributed by atoms with E-state index in [-0.39, 0.29) is 6.61 Å². The lowest BCUT2D eigenvalue weighted by atomic mass is 10.1. The van der Waals surface area contributed by atoms with E-state index < -0.39 is 0 Å². The van der Waals surface area contributed by atoms with Gasteiger partial charge in [-0.05, 0) is 36.3 Å². The van der Waals surface area contributed by atoms with E-state index in [1.54, 1.807) is 0 Å². The van der Waals surface area contributed by atoms with Crippen molar-refractivity contribution in [3.8, 4) is 0 Å². The van der Waals surface area contributed by atoms with E-state index in [0.717, 1.165) is 31.7 Å². The maximum Gasteiger partial charge on any atom is 0.0446 e. The number of thioether (sulfide) groups is 1. The Labute approximate surface area is 120 Å². The minimum Gasteiger partial charge on any atom is -0.396 e. The Kier molecular flexibility index (Phi) is 5.55. The van der Waals surface area contributed by atoms with Gasteiger partial charge < -0.3 is 15.3 Å². The van der Waals surface area contributed by atoms with Gasteiger partial charge in [-0.15, -0.1) is 0 Å². The maximum atomic E-state index is 9.06. The molecule has 4 heteroatoms. The molecule has 1 aromatic carbocycles. The zero-order valence-electron chi connectivity index (χ0n) is 11.9. The lowest BCUT2D eigenvalue weighted by molar-refractivity contribution is 0.270. The standard InChI is InChI=1S/C15H24N2OS/c1-17-7-5-13-9-12(3-4-15(13)17)10-16-14(6-8-18)11-19-2/h3-4,9,14,16,18H,5-8,10-11H2,1-2H3. The van der Waals surface area contributed by atoms with Crippen LogP contribution in [0.3, 0.4) is 0 Å². The van der Waals surface area contributed by atoms with Gasteiger partial charge in [-0.1, -0.05) is 12.1 Å². The molecule has 0 aromatic heterocycles. The summed E-state index contributed by atoms with van der Waals surface area (Å²) in [5.41, 5.74) is 4.18. The first-order valence-corrected chi connectivity index (χ1v) is 8.30. The van der Waals surface area contributed by atoms with E-state index in [1.807, 2.05) is 11.8 Å². The molecule has 0 saturated heterocycles. The first-order valence-electron chi connectivity index (χ1n) is 6.90. The predicted octanol–water partition coefficient (Wildman–Crippen LogP) is 1.88. The number of fused-ring (bicyclic) bond motifs is 1. The van der Waals surface area contributed by atoms with Crippen LogP contribution in [-0.4, -0.2) is 43.4 Å². The van der Waals surface area contributed by atoms with Crippen LogP contribution in [0.1, 0.15) is 17.5 Å². The molecular formula is C15H24N2OS. The second-order valence-electron chi connectivity index (χ2n) is 5.18. The highest BCUT2D eigenvalue weighted by Gasteiger charge is 2.15. The minimum absolute atomic E-state index is 0.257. The number of aliphatic hydroxyl groups excluding tert-OH is 1. The molecule has 1 aliphatic heterocycles. The van der Waals surface area contributed by atoms with Gasteiger partial charge in [-0.2, -0.15) is 11.8 Å². The molecule has 1 aromatic rings. The van der Waals surface area contributed by atoms with E-state index in [1.165, 1.54) is 16.8 Å². The number of benzene rings is 1. The summed E-state index contributed by atoms with van der Waals surface area (Å²) in [6.45, 7) is 2.28. The topological polar surface area (TPSA) is 35.5 Å². The van der Waals surface area contributed by atoms with Crippen LogP contribution in [0.15, 0.2) is 18.2 Å². The first kappa shape index (κ1) is 14.7.